The van der Waals surface area contributed by atoms with E-state index in [0.717, 1.165) is 37.1 Å². The Bertz CT molecular complexity index is 633. The van der Waals surface area contributed by atoms with E-state index in [4.69, 9.17) is 0 Å². The van der Waals surface area contributed by atoms with E-state index in [-0.39, 0.29) is 23.0 Å². The quantitative estimate of drug-likeness (QED) is 0.781. The molecule has 1 fully saturated rings. The van der Waals surface area contributed by atoms with Crippen LogP contribution in [0.2, 0.25) is 0 Å². The van der Waals surface area contributed by atoms with E-state index < -0.39 is 0 Å². The van der Waals surface area contributed by atoms with E-state index in [1.54, 1.807) is 12.1 Å². The predicted molar refractivity (Wildman–Crippen MR) is 92.6 cm³/mol. The van der Waals surface area contributed by atoms with Crippen molar-refractivity contribution in [2.24, 2.45) is 5.41 Å². The van der Waals surface area contributed by atoms with Crippen LogP contribution in [0.4, 0.5) is 0 Å². The first-order chi connectivity index (χ1) is 10.7. The summed E-state index contributed by atoms with van der Waals surface area (Å²) in [6.07, 6.45) is 1.96. The normalized spacial score (nSPS) is 25.2. The second-order valence-corrected chi connectivity index (χ2v) is 8.21. The van der Waals surface area contributed by atoms with Crippen LogP contribution in [-0.2, 0) is 6.42 Å². The minimum Gasteiger partial charge on any atom is -0.504 e. The van der Waals surface area contributed by atoms with E-state index in [2.05, 4.69) is 44.2 Å². The monoisotopic (exact) mass is 316 g/mol. The Morgan fingerprint density at radius 1 is 1.22 bits per heavy atom. The Balaban J connectivity index is 1.92. The number of phenols is 2. The van der Waals surface area contributed by atoms with Crippen molar-refractivity contribution in [3.05, 3.63) is 35.5 Å². The SMILES string of the molecule is C=C1C(CC(C)(C)C)N(C)CC2c3cc(O)c(O)cc3CCN12. The molecule has 1 saturated heterocycles. The highest BCUT2D eigenvalue weighted by atomic mass is 16.3. The molecule has 0 amide bonds. The number of piperazine rings is 1. The lowest BCUT2D eigenvalue weighted by molar-refractivity contribution is 0.0651. The molecule has 0 spiro atoms. The number of benzene rings is 1. The van der Waals surface area contributed by atoms with E-state index in [1.165, 1.54) is 5.70 Å². The number of phenolic OH excluding ortho intramolecular Hbond substituents is 2. The van der Waals surface area contributed by atoms with E-state index in [1.807, 2.05) is 0 Å². The van der Waals surface area contributed by atoms with Crippen molar-refractivity contribution in [2.75, 3.05) is 20.1 Å². The van der Waals surface area contributed by atoms with Gasteiger partial charge in [-0.05, 0) is 48.6 Å². The Hall–Kier alpha value is -1.68. The largest absolute Gasteiger partial charge is 0.504 e. The summed E-state index contributed by atoms with van der Waals surface area (Å²) in [6.45, 7) is 13.1. The van der Waals surface area contributed by atoms with Gasteiger partial charge in [0.25, 0.3) is 0 Å². The molecule has 2 unspecified atom stereocenters. The van der Waals surface area contributed by atoms with Crippen molar-refractivity contribution in [2.45, 2.75) is 45.7 Å². The van der Waals surface area contributed by atoms with Gasteiger partial charge in [-0.3, -0.25) is 4.90 Å². The molecule has 126 valence electrons. The highest BCUT2D eigenvalue weighted by Crippen LogP contribution is 2.43. The second kappa shape index (κ2) is 5.45. The van der Waals surface area contributed by atoms with Crippen LogP contribution in [0, 0.1) is 5.41 Å². The first-order valence-electron chi connectivity index (χ1n) is 8.38. The van der Waals surface area contributed by atoms with Crippen LogP contribution in [-0.4, -0.2) is 46.2 Å². The number of rotatable bonds is 1. The molecule has 4 nitrogen and oxygen atoms in total. The molecule has 0 aromatic heterocycles. The maximum absolute atomic E-state index is 9.90. The molecule has 2 aliphatic rings. The summed E-state index contributed by atoms with van der Waals surface area (Å²) in [5, 5.41) is 19.7. The summed E-state index contributed by atoms with van der Waals surface area (Å²) in [5.74, 6) is -0.0542. The van der Waals surface area contributed by atoms with Crippen LogP contribution in [0.5, 0.6) is 11.5 Å². The van der Waals surface area contributed by atoms with Gasteiger partial charge in [-0.25, -0.2) is 0 Å². The third-order valence-electron chi connectivity index (χ3n) is 5.15. The van der Waals surface area contributed by atoms with Crippen molar-refractivity contribution in [1.82, 2.24) is 9.80 Å². The van der Waals surface area contributed by atoms with Gasteiger partial charge in [0.2, 0.25) is 0 Å². The summed E-state index contributed by atoms with van der Waals surface area (Å²) >= 11 is 0. The van der Waals surface area contributed by atoms with Gasteiger partial charge in [-0.2, -0.15) is 0 Å². The number of aromatic hydroxyl groups is 2. The number of likely N-dealkylation sites (N-methyl/N-ethyl adjacent to an activating group) is 1. The van der Waals surface area contributed by atoms with Gasteiger partial charge in [0.15, 0.2) is 11.5 Å². The molecular formula is C19H28N2O2. The molecule has 1 aromatic rings. The van der Waals surface area contributed by atoms with Crippen LogP contribution in [0.25, 0.3) is 0 Å². The van der Waals surface area contributed by atoms with Gasteiger partial charge < -0.3 is 15.1 Å². The molecular weight excluding hydrogens is 288 g/mol. The number of fused-ring (bicyclic) bond motifs is 3. The minimum atomic E-state index is -0.0318. The lowest BCUT2D eigenvalue weighted by atomic mass is 9.82. The molecule has 1 aromatic carbocycles. The molecule has 2 aliphatic heterocycles. The molecule has 23 heavy (non-hydrogen) atoms. The summed E-state index contributed by atoms with van der Waals surface area (Å²) in [4.78, 5) is 4.78. The fourth-order valence-electron chi connectivity index (χ4n) is 3.97. The van der Waals surface area contributed by atoms with Crippen molar-refractivity contribution in [1.29, 1.82) is 0 Å². The smallest absolute Gasteiger partial charge is 0.157 e. The van der Waals surface area contributed by atoms with Gasteiger partial charge in [0, 0.05) is 24.8 Å². The van der Waals surface area contributed by atoms with Crippen molar-refractivity contribution in [3.8, 4) is 11.5 Å². The Labute approximate surface area is 139 Å². The van der Waals surface area contributed by atoms with Gasteiger partial charge >= 0.3 is 0 Å². The second-order valence-electron chi connectivity index (χ2n) is 8.21. The third-order valence-corrected chi connectivity index (χ3v) is 5.15. The number of hydrogen-bond acceptors (Lipinski definition) is 4. The van der Waals surface area contributed by atoms with E-state index in [0.29, 0.717) is 6.04 Å². The van der Waals surface area contributed by atoms with Crippen LogP contribution in [0.1, 0.15) is 44.4 Å². The first-order valence-corrected chi connectivity index (χ1v) is 8.38. The predicted octanol–water partition coefficient (Wildman–Crippen LogP) is 3.26. The molecule has 2 heterocycles. The summed E-state index contributed by atoms with van der Waals surface area (Å²) in [5.41, 5.74) is 3.69. The van der Waals surface area contributed by atoms with Gasteiger partial charge in [-0.15, -0.1) is 0 Å². The standard InChI is InChI=1S/C19H28N2O2/c1-12-15(10-19(2,3)4)20(5)11-16-14-9-18(23)17(22)8-13(14)6-7-21(12)16/h8-9,15-16,22-23H,1,6-7,10-11H2,2-5H3. The molecule has 2 N–H and O–H groups in total. The Morgan fingerprint density at radius 2 is 1.87 bits per heavy atom. The topological polar surface area (TPSA) is 46.9 Å². The fraction of sp³-hybridized carbons (Fsp3) is 0.579. The minimum absolute atomic E-state index is 0.0224. The average Bonchev–Trinajstić information content (AvgIpc) is 2.44. The Kier molecular flexibility index (Phi) is 3.83. The van der Waals surface area contributed by atoms with Crippen molar-refractivity contribution < 1.29 is 10.2 Å². The molecule has 0 bridgehead atoms. The number of hydrogen-bond donors (Lipinski definition) is 2. The maximum atomic E-state index is 9.90. The summed E-state index contributed by atoms with van der Waals surface area (Å²) < 4.78 is 0. The molecule has 0 radical (unpaired) electrons. The third kappa shape index (κ3) is 2.92. The lowest BCUT2D eigenvalue weighted by Crippen LogP contribution is -2.53. The molecule has 0 saturated carbocycles. The maximum Gasteiger partial charge on any atom is 0.157 e. The molecule has 4 heteroatoms. The highest BCUT2D eigenvalue weighted by molar-refractivity contribution is 5.48. The summed E-state index contributed by atoms with van der Waals surface area (Å²) in [6, 6.07) is 4.01. The van der Waals surface area contributed by atoms with Crippen LogP contribution in [0.15, 0.2) is 24.4 Å². The van der Waals surface area contributed by atoms with Crippen LogP contribution in [0.3, 0.4) is 0 Å². The van der Waals surface area contributed by atoms with Crippen molar-refractivity contribution >= 4 is 0 Å². The lowest BCUT2D eigenvalue weighted by Gasteiger charge is -2.51. The average molecular weight is 316 g/mol. The molecule has 3 rings (SSSR count). The Morgan fingerprint density at radius 3 is 2.52 bits per heavy atom. The highest BCUT2D eigenvalue weighted by Gasteiger charge is 2.39. The van der Waals surface area contributed by atoms with Crippen molar-refractivity contribution in [3.63, 3.8) is 0 Å². The van der Waals surface area contributed by atoms with E-state index >= 15 is 0 Å². The van der Waals surface area contributed by atoms with Gasteiger partial charge in [0.05, 0.1) is 6.04 Å². The number of nitrogens with zero attached hydrogens (tertiary/aromatic N) is 2. The van der Waals surface area contributed by atoms with Crippen LogP contribution >= 0.6 is 0 Å². The first kappa shape index (κ1) is 16.2. The van der Waals surface area contributed by atoms with E-state index in [9.17, 15) is 10.2 Å². The zero-order valence-electron chi connectivity index (χ0n) is 14.6. The van der Waals surface area contributed by atoms with Gasteiger partial charge in [-0.1, -0.05) is 27.4 Å². The molecule has 2 atom stereocenters. The fourth-order valence-corrected chi connectivity index (χ4v) is 3.97. The van der Waals surface area contributed by atoms with Crippen LogP contribution < -0.4 is 0 Å². The zero-order chi connectivity index (χ0) is 16.9. The van der Waals surface area contributed by atoms with Gasteiger partial charge in [0.1, 0.15) is 0 Å². The molecule has 0 aliphatic carbocycles. The summed E-state index contributed by atoms with van der Waals surface area (Å²) in [7, 11) is 2.16. The zero-order valence-corrected chi connectivity index (χ0v) is 14.6.